The lowest BCUT2D eigenvalue weighted by molar-refractivity contribution is 0.0426. The number of ether oxygens (including phenoxy) is 1. The minimum absolute atomic E-state index is 0.0277. The van der Waals surface area contributed by atoms with Crippen LogP contribution in [0.3, 0.4) is 0 Å². The van der Waals surface area contributed by atoms with Crippen molar-refractivity contribution < 1.29 is 9.53 Å². The van der Waals surface area contributed by atoms with E-state index >= 15 is 0 Å². The zero-order valence-electron chi connectivity index (χ0n) is 11.8. The normalized spacial score (nSPS) is 16.9. The number of nitrogens with zero attached hydrogens (tertiary/aromatic N) is 2. The second kappa shape index (κ2) is 6.33. The van der Waals surface area contributed by atoms with E-state index in [0.717, 1.165) is 5.56 Å². The van der Waals surface area contributed by atoms with Crippen molar-refractivity contribution in [1.29, 1.82) is 0 Å². The van der Waals surface area contributed by atoms with Gasteiger partial charge < -0.3 is 20.3 Å². The lowest BCUT2D eigenvalue weighted by atomic mass is 10.1. The van der Waals surface area contributed by atoms with Gasteiger partial charge in [0.1, 0.15) is 0 Å². The highest BCUT2D eigenvalue weighted by Crippen LogP contribution is 2.31. The molecule has 20 heavy (non-hydrogen) atoms. The second-order valence-corrected chi connectivity index (χ2v) is 5.32. The van der Waals surface area contributed by atoms with Crippen molar-refractivity contribution in [2.45, 2.75) is 13.0 Å². The van der Waals surface area contributed by atoms with Crippen LogP contribution in [0, 0.1) is 0 Å². The number of hydrogen-bond acceptors (Lipinski definition) is 3. The van der Waals surface area contributed by atoms with Gasteiger partial charge in [0.2, 0.25) is 0 Å². The minimum Gasteiger partial charge on any atom is -0.398 e. The average molecular weight is 298 g/mol. The number of rotatable bonds is 2. The summed E-state index contributed by atoms with van der Waals surface area (Å²) in [6.45, 7) is 4.34. The van der Waals surface area contributed by atoms with Gasteiger partial charge in [-0.15, -0.1) is 0 Å². The maximum absolute atomic E-state index is 12.4. The Morgan fingerprint density at radius 2 is 2.10 bits per heavy atom. The molecule has 0 aliphatic carbocycles. The van der Waals surface area contributed by atoms with Crippen LogP contribution in [0.1, 0.15) is 18.5 Å². The van der Waals surface area contributed by atoms with Crippen molar-refractivity contribution in [3.05, 3.63) is 28.8 Å². The molecule has 1 unspecified atom stereocenters. The van der Waals surface area contributed by atoms with Crippen LogP contribution in [0.5, 0.6) is 0 Å². The molecule has 1 aliphatic heterocycles. The number of nitrogens with two attached hydrogens (primary N) is 1. The molecule has 0 radical (unpaired) electrons. The largest absolute Gasteiger partial charge is 0.398 e. The molecule has 1 aromatic carbocycles. The van der Waals surface area contributed by atoms with Crippen LogP contribution in [0.2, 0.25) is 5.02 Å². The van der Waals surface area contributed by atoms with Gasteiger partial charge in [-0.1, -0.05) is 17.7 Å². The molecule has 0 saturated carbocycles. The quantitative estimate of drug-likeness (QED) is 0.853. The molecular weight excluding hydrogens is 278 g/mol. The zero-order chi connectivity index (χ0) is 14.7. The van der Waals surface area contributed by atoms with E-state index in [0.29, 0.717) is 37.0 Å². The summed E-state index contributed by atoms with van der Waals surface area (Å²) in [4.78, 5) is 15.9. The van der Waals surface area contributed by atoms with E-state index in [1.54, 1.807) is 35.0 Å². The molecule has 0 aromatic heterocycles. The van der Waals surface area contributed by atoms with Crippen LogP contribution in [-0.4, -0.2) is 49.2 Å². The van der Waals surface area contributed by atoms with Gasteiger partial charge in [-0.3, -0.25) is 0 Å². The number of morpholine rings is 1. The monoisotopic (exact) mass is 297 g/mol. The van der Waals surface area contributed by atoms with Gasteiger partial charge in [0.25, 0.3) is 0 Å². The van der Waals surface area contributed by atoms with Crippen molar-refractivity contribution in [2.75, 3.05) is 39.1 Å². The van der Waals surface area contributed by atoms with Crippen molar-refractivity contribution in [2.24, 2.45) is 0 Å². The Kier molecular flexibility index (Phi) is 4.73. The minimum atomic E-state index is -0.181. The SMILES string of the molecule is CC(c1c(N)cccc1Cl)N(C)C(=O)N1CCOCC1. The summed E-state index contributed by atoms with van der Waals surface area (Å²) in [6.07, 6.45) is 0. The number of nitrogen functional groups attached to an aromatic ring is 1. The van der Waals surface area contributed by atoms with E-state index in [1.165, 1.54) is 0 Å². The lowest BCUT2D eigenvalue weighted by Crippen LogP contribution is -2.47. The Hall–Kier alpha value is -1.46. The number of carbonyl (C=O) groups excluding carboxylic acids is 1. The number of hydrogen-bond donors (Lipinski definition) is 1. The molecule has 1 saturated heterocycles. The molecule has 6 heteroatoms. The molecule has 1 fully saturated rings. The predicted octanol–water partition coefficient (Wildman–Crippen LogP) is 2.37. The van der Waals surface area contributed by atoms with Crippen LogP contribution in [0.4, 0.5) is 10.5 Å². The summed E-state index contributed by atoms with van der Waals surface area (Å²) in [7, 11) is 1.77. The number of anilines is 1. The van der Waals surface area contributed by atoms with Gasteiger partial charge in [0, 0.05) is 36.4 Å². The molecule has 0 spiro atoms. The standard InChI is InChI=1S/C14H20ClN3O2/c1-10(13-11(15)4-3-5-12(13)16)17(2)14(19)18-6-8-20-9-7-18/h3-5,10H,6-9,16H2,1-2H3. The zero-order valence-corrected chi connectivity index (χ0v) is 12.6. The van der Waals surface area contributed by atoms with E-state index in [-0.39, 0.29) is 12.1 Å². The first-order valence-electron chi connectivity index (χ1n) is 6.65. The molecule has 1 heterocycles. The summed E-state index contributed by atoms with van der Waals surface area (Å²) in [5.41, 5.74) is 7.38. The first kappa shape index (κ1) is 14.9. The predicted molar refractivity (Wildman–Crippen MR) is 79.8 cm³/mol. The molecule has 2 rings (SSSR count). The Morgan fingerprint density at radius 3 is 2.70 bits per heavy atom. The summed E-state index contributed by atoms with van der Waals surface area (Å²) in [5, 5.41) is 0.583. The van der Waals surface area contributed by atoms with Gasteiger partial charge in [-0.2, -0.15) is 0 Å². The highest BCUT2D eigenvalue weighted by molar-refractivity contribution is 6.31. The maximum Gasteiger partial charge on any atom is 0.320 e. The third kappa shape index (κ3) is 2.99. The van der Waals surface area contributed by atoms with E-state index in [1.807, 2.05) is 6.92 Å². The van der Waals surface area contributed by atoms with E-state index < -0.39 is 0 Å². The van der Waals surface area contributed by atoms with E-state index in [2.05, 4.69) is 0 Å². The maximum atomic E-state index is 12.4. The molecule has 1 aliphatic rings. The summed E-state index contributed by atoms with van der Waals surface area (Å²) < 4.78 is 5.26. The van der Waals surface area contributed by atoms with Gasteiger partial charge in [0.15, 0.2) is 0 Å². The molecule has 5 nitrogen and oxygen atoms in total. The fourth-order valence-corrected chi connectivity index (χ4v) is 2.67. The Balaban J connectivity index is 2.15. The van der Waals surface area contributed by atoms with Gasteiger partial charge in [-0.25, -0.2) is 4.79 Å². The smallest absolute Gasteiger partial charge is 0.320 e. The molecule has 110 valence electrons. The summed E-state index contributed by atoms with van der Waals surface area (Å²) >= 11 is 6.21. The first-order chi connectivity index (χ1) is 9.52. The Labute approximate surface area is 124 Å². The molecule has 1 atom stereocenters. The number of amides is 2. The lowest BCUT2D eigenvalue weighted by Gasteiger charge is -2.34. The number of halogens is 1. The highest BCUT2D eigenvalue weighted by atomic mass is 35.5. The fraction of sp³-hybridized carbons (Fsp3) is 0.500. The van der Waals surface area contributed by atoms with Crippen LogP contribution >= 0.6 is 11.6 Å². The highest BCUT2D eigenvalue weighted by Gasteiger charge is 2.26. The van der Waals surface area contributed by atoms with Gasteiger partial charge in [0.05, 0.1) is 19.3 Å². The number of carbonyl (C=O) groups is 1. The third-order valence-electron chi connectivity index (χ3n) is 3.67. The van der Waals surface area contributed by atoms with Crippen LogP contribution in [0.25, 0.3) is 0 Å². The Morgan fingerprint density at radius 1 is 1.45 bits per heavy atom. The number of benzene rings is 1. The number of urea groups is 1. The van der Waals surface area contributed by atoms with Crippen LogP contribution in [-0.2, 0) is 4.74 Å². The summed E-state index contributed by atoms with van der Waals surface area (Å²) in [5.74, 6) is 0. The van der Waals surface area contributed by atoms with Gasteiger partial charge in [-0.05, 0) is 19.1 Å². The molecular formula is C14H20ClN3O2. The van der Waals surface area contributed by atoms with Crippen molar-refractivity contribution >= 4 is 23.3 Å². The second-order valence-electron chi connectivity index (χ2n) is 4.91. The molecule has 2 amide bonds. The Bertz CT molecular complexity index is 469. The van der Waals surface area contributed by atoms with Crippen LogP contribution in [0.15, 0.2) is 18.2 Å². The topological polar surface area (TPSA) is 58.8 Å². The average Bonchev–Trinajstić information content (AvgIpc) is 2.46. The first-order valence-corrected chi connectivity index (χ1v) is 7.03. The summed E-state index contributed by atoms with van der Waals surface area (Å²) in [6, 6.07) is 5.18. The molecule has 1 aromatic rings. The fourth-order valence-electron chi connectivity index (χ4n) is 2.33. The van der Waals surface area contributed by atoms with E-state index in [4.69, 9.17) is 22.1 Å². The molecule has 2 N–H and O–H groups in total. The molecule has 0 bridgehead atoms. The van der Waals surface area contributed by atoms with Crippen molar-refractivity contribution in [3.8, 4) is 0 Å². The van der Waals surface area contributed by atoms with E-state index in [9.17, 15) is 4.79 Å². The third-order valence-corrected chi connectivity index (χ3v) is 4.00. The van der Waals surface area contributed by atoms with Gasteiger partial charge >= 0.3 is 6.03 Å². The van der Waals surface area contributed by atoms with Crippen molar-refractivity contribution in [1.82, 2.24) is 9.80 Å². The van der Waals surface area contributed by atoms with Crippen molar-refractivity contribution in [3.63, 3.8) is 0 Å². The van der Waals surface area contributed by atoms with Crippen LogP contribution < -0.4 is 5.73 Å².